The first kappa shape index (κ1) is 13.7. The molecule has 2 heterocycles. The van der Waals surface area contributed by atoms with Crippen molar-refractivity contribution in [1.82, 2.24) is 10.3 Å². The standard InChI is InChI=1S/C15H15FN2S2/c1-9-18-12(8-19-9)7-13(17-2)15-6-10-5-11(16)3-4-14(10)20-15/h3-6,8,13,17H,7H2,1-2H3. The lowest BCUT2D eigenvalue weighted by Gasteiger charge is -2.12. The number of aryl methyl sites for hydroxylation is 1. The van der Waals surface area contributed by atoms with Gasteiger partial charge in [-0.15, -0.1) is 22.7 Å². The van der Waals surface area contributed by atoms with Crippen LogP contribution in [-0.4, -0.2) is 12.0 Å². The van der Waals surface area contributed by atoms with Crippen molar-refractivity contribution in [2.24, 2.45) is 0 Å². The second-order valence-electron chi connectivity index (χ2n) is 4.73. The monoisotopic (exact) mass is 306 g/mol. The van der Waals surface area contributed by atoms with Gasteiger partial charge >= 0.3 is 0 Å². The van der Waals surface area contributed by atoms with Crippen molar-refractivity contribution in [1.29, 1.82) is 0 Å². The van der Waals surface area contributed by atoms with Gasteiger partial charge in [0.05, 0.1) is 10.7 Å². The van der Waals surface area contributed by atoms with Crippen LogP contribution in [0.15, 0.2) is 29.6 Å². The van der Waals surface area contributed by atoms with E-state index in [2.05, 4.69) is 21.7 Å². The van der Waals surface area contributed by atoms with Gasteiger partial charge in [0.25, 0.3) is 0 Å². The van der Waals surface area contributed by atoms with Gasteiger partial charge < -0.3 is 5.32 Å². The molecule has 20 heavy (non-hydrogen) atoms. The maximum absolute atomic E-state index is 13.3. The van der Waals surface area contributed by atoms with Crippen molar-refractivity contribution in [3.63, 3.8) is 0 Å². The van der Waals surface area contributed by atoms with Crippen molar-refractivity contribution >= 4 is 32.8 Å². The van der Waals surface area contributed by atoms with Crippen LogP contribution in [0.4, 0.5) is 4.39 Å². The predicted octanol–water partition coefficient (Wildman–Crippen LogP) is 4.31. The number of hydrogen-bond acceptors (Lipinski definition) is 4. The van der Waals surface area contributed by atoms with Crippen LogP contribution in [0, 0.1) is 12.7 Å². The number of thiazole rings is 1. The van der Waals surface area contributed by atoms with Crippen LogP contribution < -0.4 is 5.32 Å². The zero-order valence-electron chi connectivity index (χ0n) is 11.3. The molecule has 0 bridgehead atoms. The molecule has 0 amide bonds. The van der Waals surface area contributed by atoms with E-state index in [1.807, 2.05) is 20.0 Å². The summed E-state index contributed by atoms with van der Waals surface area (Å²) >= 11 is 3.39. The topological polar surface area (TPSA) is 24.9 Å². The van der Waals surface area contributed by atoms with Gasteiger partial charge in [-0.05, 0) is 43.6 Å². The Morgan fingerprint density at radius 2 is 2.20 bits per heavy atom. The van der Waals surface area contributed by atoms with Gasteiger partial charge in [0.2, 0.25) is 0 Å². The summed E-state index contributed by atoms with van der Waals surface area (Å²) in [6, 6.07) is 7.25. The summed E-state index contributed by atoms with van der Waals surface area (Å²) < 4.78 is 14.4. The van der Waals surface area contributed by atoms with Gasteiger partial charge in [-0.2, -0.15) is 0 Å². The fraction of sp³-hybridized carbons (Fsp3) is 0.267. The molecule has 1 aromatic carbocycles. The lowest BCUT2D eigenvalue weighted by molar-refractivity contribution is 0.595. The Bertz CT molecular complexity index is 732. The van der Waals surface area contributed by atoms with Gasteiger partial charge in [-0.1, -0.05) is 0 Å². The van der Waals surface area contributed by atoms with E-state index in [4.69, 9.17) is 0 Å². The summed E-state index contributed by atoms with van der Waals surface area (Å²) in [7, 11) is 1.95. The maximum atomic E-state index is 13.3. The van der Waals surface area contributed by atoms with Crippen molar-refractivity contribution in [2.75, 3.05) is 7.05 Å². The van der Waals surface area contributed by atoms with E-state index in [0.29, 0.717) is 0 Å². The maximum Gasteiger partial charge on any atom is 0.123 e. The van der Waals surface area contributed by atoms with Crippen molar-refractivity contribution in [3.8, 4) is 0 Å². The quantitative estimate of drug-likeness (QED) is 0.777. The van der Waals surface area contributed by atoms with Crippen LogP contribution in [0.2, 0.25) is 0 Å². The minimum absolute atomic E-state index is 0.182. The van der Waals surface area contributed by atoms with Gasteiger partial charge in [0.15, 0.2) is 0 Å². The van der Waals surface area contributed by atoms with Gasteiger partial charge in [-0.3, -0.25) is 0 Å². The van der Waals surface area contributed by atoms with Crippen LogP contribution in [0.3, 0.4) is 0 Å². The number of nitrogens with zero attached hydrogens (tertiary/aromatic N) is 1. The molecule has 0 fully saturated rings. The van der Waals surface area contributed by atoms with Crippen molar-refractivity contribution in [3.05, 3.63) is 51.0 Å². The van der Waals surface area contributed by atoms with Gasteiger partial charge in [0, 0.05) is 27.4 Å². The Hall–Kier alpha value is -1.30. The van der Waals surface area contributed by atoms with Gasteiger partial charge in [0.1, 0.15) is 5.82 Å². The summed E-state index contributed by atoms with van der Waals surface area (Å²) in [5, 5.41) is 7.50. The number of benzene rings is 1. The lowest BCUT2D eigenvalue weighted by Crippen LogP contribution is -2.17. The largest absolute Gasteiger partial charge is 0.312 e. The molecule has 1 N–H and O–H groups in total. The Balaban J connectivity index is 1.90. The first-order chi connectivity index (χ1) is 9.65. The molecule has 2 aromatic heterocycles. The van der Waals surface area contributed by atoms with Crippen LogP contribution in [-0.2, 0) is 6.42 Å². The summed E-state index contributed by atoms with van der Waals surface area (Å²) in [6.07, 6.45) is 0.857. The number of halogens is 1. The number of rotatable bonds is 4. The number of hydrogen-bond donors (Lipinski definition) is 1. The molecular weight excluding hydrogens is 291 g/mol. The highest BCUT2D eigenvalue weighted by atomic mass is 32.1. The van der Waals surface area contributed by atoms with Crippen LogP contribution >= 0.6 is 22.7 Å². The average Bonchev–Trinajstić information content (AvgIpc) is 3.01. The number of likely N-dealkylation sites (N-methyl/N-ethyl adjacent to an activating group) is 1. The minimum atomic E-state index is -0.182. The minimum Gasteiger partial charge on any atom is -0.312 e. The summed E-state index contributed by atoms with van der Waals surface area (Å²) in [4.78, 5) is 5.74. The number of fused-ring (bicyclic) bond motifs is 1. The van der Waals surface area contributed by atoms with Crippen LogP contribution in [0.5, 0.6) is 0 Å². The zero-order valence-corrected chi connectivity index (χ0v) is 12.9. The van der Waals surface area contributed by atoms with E-state index in [9.17, 15) is 4.39 Å². The average molecular weight is 306 g/mol. The smallest absolute Gasteiger partial charge is 0.123 e. The third kappa shape index (κ3) is 2.75. The highest BCUT2D eigenvalue weighted by Gasteiger charge is 2.15. The first-order valence-electron chi connectivity index (χ1n) is 6.43. The summed E-state index contributed by atoms with van der Waals surface area (Å²) in [6.45, 7) is 2.02. The molecular formula is C15H15FN2S2. The molecule has 3 rings (SSSR count). The first-order valence-corrected chi connectivity index (χ1v) is 8.12. The molecule has 0 aliphatic carbocycles. The molecule has 1 atom stereocenters. The third-order valence-electron chi connectivity index (χ3n) is 3.27. The van der Waals surface area contributed by atoms with E-state index in [1.54, 1.807) is 28.7 Å². The van der Waals surface area contributed by atoms with Crippen LogP contribution in [0.1, 0.15) is 21.6 Å². The molecule has 0 saturated heterocycles. The molecule has 0 aliphatic heterocycles. The fourth-order valence-corrected chi connectivity index (χ4v) is 4.04. The molecule has 1 unspecified atom stereocenters. The Morgan fingerprint density at radius 3 is 2.90 bits per heavy atom. The summed E-state index contributed by atoms with van der Waals surface area (Å²) in [5.74, 6) is -0.182. The molecule has 0 spiro atoms. The molecule has 0 saturated carbocycles. The normalized spacial score (nSPS) is 12.9. The third-order valence-corrected chi connectivity index (χ3v) is 5.32. The number of aromatic nitrogens is 1. The van der Waals surface area contributed by atoms with Gasteiger partial charge in [-0.25, -0.2) is 9.37 Å². The van der Waals surface area contributed by atoms with E-state index in [0.717, 1.165) is 27.2 Å². The lowest BCUT2D eigenvalue weighted by atomic mass is 10.1. The van der Waals surface area contributed by atoms with E-state index in [1.165, 1.54) is 10.9 Å². The van der Waals surface area contributed by atoms with E-state index in [-0.39, 0.29) is 11.9 Å². The molecule has 0 radical (unpaired) electrons. The Labute approximate surface area is 125 Å². The second-order valence-corrected chi connectivity index (χ2v) is 6.91. The fourth-order valence-electron chi connectivity index (χ4n) is 2.26. The highest BCUT2D eigenvalue weighted by Crippen LogP contribution is 2.32. The van der Waals surface area contributed by atoms with Crippen molar-refractivity contribution < 1.29 is 4.39 Å². The Morgan fingerprint density at radius 1 is 1.35 bits per heavy atom. The second kappa shape index (κ2) is 5.60. The molecule has 2 nitrogen and oxygen atoms in total. The zero-order chi connectivity index (χ0) is 14.1. The molecule has 0 aliphatic rings. The number of thiophene rings is 1. The summed E-state index contributed by atoms with van der Waals surface area (Å²) in [5.41, 5.74) is 1.11. The SMILES string of the molecule is CNC(Cc1csc(C)n1)c1cc2cc(F)ccc2s1. The number of nitrogens with one attached hydrogen (secondary N) is 1. The molecule has 104 valence electrons. The van der Waals surface area contributed by atoms with E-state index >= 15 is 0 Å². The van der Waals surface area contributed by atoms with E-state index < -0.39 is 0 Å². The molecule has 5 heteroatoms. The van der Waals surface area contributed by atoms with Crippen LogP contribution in [0.25, 0.3) is 10.1 Å². The van der Waals surface area contributed by atoms with Crippen molar-refractivity contribution in [2.45, 2.75) is 19.4 Å². The Kier molecular flexibility index (Phi) is 3.83. The molecule has 3 aromatic rings. The predicted molar refractivity (Wildman–Crippen MR) is 84.1 cm³/mol. The highest BCUT2D eigenvalue weighted by molar-refractivity contribution is 7.19.